The summed E-state index contributed by atoms with van der Waals surface area (Å²) in [5, 5.41) is 12.2. The zero-order chi connectivity index (χ0) is 21.8. The Kier molecular flexibility index (Phi) is 6.42. The van der Waals surface area contributed by atoms with Crippen LogP contribution in [0, 0.1) is 12.8 Å². The molecular weight excluding hydrogens is 392 g/mol. The Bertz CT molecular complexity index is 905. The van der Waals surface area contributed by atoms with Gasteiger partial charge in [0.05, 0.1) is 12.5 Å². The molecule has 0 aliphatic carbocycles. The van der Waals surface area contributed by atoms with Gasteiger partial charge in [-0.1, -0.05) is 17.7 Å². The Labute approximate surface area is 183 Å². The highest BCUT2D eigenvalue weighted by atomic mass is 16.3. The fourth-order valence-corrected chi connectivity index (χ4v) is 4.24. The molecule has 2 aromatic rings. The minimum absolute atomic E-state index is 0.0349. The number of likely N-dealkylation sites (tertiary alicyclic amines) is 1. The number of phenols is 1. The summed E-state index contributed by atoms with van der Waals surface area (Å²) in [5.74, 6) is 0.152. The molecule has 2 fully saturated rings. The fourth-order valence-electron chi connectivity index (χ4n) is 4.24. The molecule has 1 unspecified atom stereocenters. The van der Waals surface area contributed by atoms with Gasteiger partial charge in [-0.05, 0) is 56.3 Å². The van der Waals surface area contributed by atoms with Gasteiger partial charge in [-0.25, -0.2) is 0 Å². The second kappa shape index (κ2) is 9.39. The normalized spacial score (nSPS) is 19.5. The number of nitrogens with one attached hydrogen (secondary N) is 1. The van der Waals surface area contributed by atoms with Crippen molar-refractivity contribution in [3.8, 4) is 5.75 Å². The number of aromatic hydroxyl groups is 1. The first-order valence-electron chi connectivity index (χ1n) is 10.9. The lowest BCUT2D eigenvalue weighted by Crippen LogP contribution is -2.51. The van der Waals surface area contributed by atoms with E-state index >= 15 is 0 Å². The largest absolute Gasteiger partial charge is 0.508 e. The van der Waals surface area contributed by atoms with Crippen molar-refractivity contribution >= 4 is 23.2 Å². The van der Waals surface area contributed by atoms with E-state index in [0.717, 1.165) is 39.1 Å². The number of nitrogens with zero attached hydrogens (tertiary/aromatic N) is 3. The van der Waals surface area contributed by atoms with Crippen LogP contribution in [0.2, 0.25) is 0 Å². The van der Waals surface area contributed by atoms with Crippen LogP contribution in [-0.2, 0) is 9.59 Å². The number of phenolic OH excluding ortho intramolecular Hbond substituents is 1. The minimum Gasteiger partial charge on any atom is -0.508 e. The highest BCUT2D eigenvalue weighted by molar-refractivity contribution is 5.93. The first-order chi connectivity index (χ1) is 15.0. The van der Waals surface area contributed by atoms with Crippen molar-refractivity contribution in [3.63, 3.8) is 0 Å². The van der Waals surface area contributed by atoms with Crippen LogP contribution in [0.3, 0.4) is 0 Å². The summed E-state index contributed by atoms with van der Waals surface area (Å²) < 4.78 is 0. The van der Waals surface area contributed by atoms with Crippen molar-refractivity contribution in [2.24, 2.45) is 5.92 Å². The molecule has 2 heterocycles. The van der Waals surface area contributed by atoms with Crippen LogP contribution in [0.25, 0.3) is 0 Å². The van der Waals surface area contributed by atoms with E-state index in [9.17, 15) is 14.7 Å². The molecule has 0 aromatic heterocycles. The van der Waals surface area contributed by atoms with E-state index in [4.69, 9.17) is 0 Å². The first kappa shape index (κ1) is 21.2. The lowest BCUT2D eigenvalue weighted by molar-refractivity contribution is -0.132. The molecule has 0 radical (unpaired) electrons. The maximum Gasteiger partial charge on any atom is 0.236 e. The van der Waals surface area contributed by atoms with Crippen molar-refractivity contribution in [3.05, 3.63) is 54.1 Å². The van der Waals surface area contributed by atoms with Crippen LogP contribution >= 0.6 is 0 Å². The molecule has 0 saturated carbocycles. The second-order valence-electron chi connectivity index (χ2n) is 8.46. The third-order valence-electron chi connectivity index (χ3n) is 6.17. The number of carbonyl (C=O) groups is 2. The van der Waals surface area contributed by atoms with Gasteiger partial charge >= 0.3 is 0 Å². The average molecular weight is 423 g/mol. The van der Waals surface area contributed by atoms with Crippen molar-refractivity contribution in [1.29, 1.82) is 0 Å². The molecule has 7 nitrogen and oxygen atoms in total. The molecule has 2 aliphatic heterocycles. The van der Waals surface area contributed by atoms with Crippen LogP contribution in [0.1, 0.15) is 12.0 Å². The van der Waals surface area contributed by atoms with Gasteiger partial charge in [-0.2, -0.15) is 0 Å². The molecule has 1 atom stereocenters. The number of amides is 2. The van der Waals surface area contributed by atoms with Gasteiger partial charge in [-0.3, -0.25) is 14.5 Å². The van der Waals surface area contributed by atoms with Gasteiger partial charge < -0.3 is 20.2 Å². The Morgan fingerprint density at radius 3 is 2.32 bits per heavy atom. The van der Waals surface area contributed by atoms with E-state index in [0.29, 0.717) is 18.8 Å². The molecular formula is C24H30N4O3. The lowest BCUT2D eigenvalue weighted by atomic mass is 10.1. The smallest absolute Gasteiger partial charge is 0.236 e. The maximum absolute atomic E-state index is 12.8. The highest BCUT2D eigenvalue weighted by Crippen LogP contribution is 2.21. The Morgan fingerprint density at radius 1 is 0.968 bits per heavy atom. The maximum atomic E-state index is 12.8. The van der Waals surface area contributed by atoms with E-state index in [-0.39, 0.29) is 23.5 Å². The van der Waals surface area contributed by atoms with Crippen molar-refractivity contribution < 1.29 is 14.7 Å². The van der Waals surface area contributed by atoms with Crippen LogP contribution in [-0.4, -0.2) is 72.5 Å². The number of hydrogen-bond acceptors (Lipinski definition) is 5. The molecule has 0 bridgehead atoms. The minimum atomic E-state index is -0.125. The van der Waals surface area contributed by atoms with E-state index in [1.165, 1.54) is 11.3 Å². The topological polar surface area (TPSA) is 76.1 Å². The molecule has 4 rings (SSSR count). The standard InChI is InChI=1S/C24H30N4O3/c1-18-2-6-21(7-3-18)27-12-14-28(15-13-27)23(30)17-26-11-10-19(16-26)24(31)25-20-4-8-22(29)9-5-20/h2-9,19,29H,10-17H2,1H3,(H,25,31). The van der Waals surface area contributed by atoms with Gasteiger partial charge in [-0.15, -0.1) is 0 Å². The second-order valence-corrected chi connectivity index (χ2v) is 8.46. The number of carbonyl (C=O) groups excluding carboxylic acids is 2. The number of aryl methyl sites for hydroxylation is 1. The molecule has 7 heteroatoms. The molecule has 2 aromatic carbocycles. The lowest BCUT2D eigenvalue weighted by Gasteiger charge is -2.36. The summed E-state index contributed by atoms with van der Waals surface area (Å²) in [5.41, 5.74) is 3.13. The fraction of sp³-hybridized carbons (Fsp3) is 0.417. The molecule has 2 N–H and O–H groups in total. The predicted molar refractivity (Wildman–Crippen MR) is 121 cm³/mol. The van der Waals surface area contributed by atoms with Crippen molar-refractivity contribution in [1.82, 2.24) is 9.80 Å². The molecule has 2 saturated heterocycles. The Morgan fingerprint density at radius 2 is 1.65 bits per heavy atom. The highest BCUT2D eigenvalue weighted by Gasteiger charge is 2.31. The summed E-state index contributed by atoms with van der Waals surface area (Å²) in [6, 6.07) is 15.0. The Hall–Kier alpha value is -3.06. The molecule has 0 spiro atoms. The summed E-state index contributed by atoms with van der Waals surface area (Å²) >= 11 is 0. The Balaban J connectivity index is 1.22. The molecule has 2 amide bonds. The van der Waals surface area contributed by atoms with Crippen molar-refractivity contribution in [2.75, 3.05) is 56.0 Å². The van der Waals surface area contributed by atoms with Gasteiger partial charge in [0.2, 0.25) is 11.8 Å². The van der Waals surface area contributed by atoms with Crippen LogP contribution < -0.4 is 10.2 Å². The zero-order valence-corrected chi connectivity index (χ0v) is 18.0. The van der Waals surface area contributed by atoms with E-state index in [1.54, 1.807) is 24.3 Å². The average Bonchev–Trinajstić information content (AvgIpc) is 3.25. The van der Waals surface area contributed by atoms with E-state index in [1.807, 2.05) is 4.90 Å². The van der Waals surface area contributed by atoms with Crippen LogP contribution in [0.4, 0.5) is 11.4 Å². The number of anilines is 2. The number of rotatable bonds is 5. The van der Waals surface area contributed by atoms with Gasteiger partial charge in [0.1, 0.15) is 5.75 Å². The summed E-state index contributed by atoms with van der Waals surface area (Å²) in [6.07, 6.45) is 0.748. The van der Waals surface area contributed by atoms with Crippen LogP contribution in [0.5, 0.6) is 5.75 Å². The molecule has 164 valence electrons. The van der Waals surface area contributed by atoms with Gasteiger partial charge in [0.25, 0.3) is 0 Å². The SMILES string of the molecule is Cc1ccc(N2CCN(C(=O)CN3CCC(C(=O)Nc4ccc(O)cc4)C3)CC2)cc1. The first-order valence-corrected chi connectivity index (χ1v) is 10.9. The summed E-state index contributed by atoms with van der Waals surface area (Å²) in [4.78, 5) is 31.6. The third-order valence-corrected chi connectivity index (χ3v) is 6.17. The summed E-state index contributed by atoms with van der Waals surface area (Å²) in [7, 11) is 0. The third kappa shape index (κ3) is 5.35. The zero-order valence-electron chi connectivity index (χ0n) is 18.0. The van der Waals surface area contributed by atoms with Gasteiger partial charge in [0.15, 0.2) is 0 Å². The number of benzene rings is 2. The number of hydrogen-bond donors (Lipinski definition) is 2. The van der Waals surface area contributed by atoms with E-state index in [2.05, 4.69) is 46.3 Å². The van der Waals surface area contributed by atoms with Crippen LogP contribution in [0.15, 0.2) is 48.5 Å². The van der Waals surface area contributed by atoms with Crippen molar-refractivity contribution in [2.45, 2.75) is 13.3 Å². The monoisotopic (exact) mass is 422 g/mol. The van der Waals surface area contributed by atoms with Gasteiger partial charge in [0, 0.05) is 44.1 Å². The molecule has 31 heavy (non-hydrogen) atoms. The summed E-state index contributed by atoms with van der Waals surface area (Å²) in [6.45, 7) is 6.94. The predicted octanol–water partition coefficient (Wildman–Crippen LogP) is 2.31. The number of piperazine rings is 1. The quantitative estimate of drug-likeness (QED) is 0.724. The van der Waals surface area contributed by atoms with E-state index < -0.39 is 0 Å². The molecule has 2 aliphatic rings.